The highest BCUT2D eigenvalue weighted by Crippen LogP contribution is 2.28. The number of amides is 12. The van der Waals surface area contributed by atoms with E-state index in [4.69, 9.17) is 11.5 Å². The number of carbonyl (C=O) groups excluding carboxylic acids is 16. The van der Waals surface area contributed by atoms with Gasteiger partial charge in [-0.2, -0.15) is 0 Å². The Morgan fingerprint density at radius 2 is 1.12 bits per heavy atom. The molecular formula is C82H126N14O24. The molecular weight excluding hydrogens is 1560 g/mol. The smallest absolute Gasteiger partial charge is 0.308 e. The third kappa shape index (κ3) is 35.0. The topological polar surface area (TPSA) is 592 Å². The third-order valence-electron chi connectivity index (χ3n) is 21.7. The summed E-state index contributed by atoms with van der Waals surface area (Å²) in [4.78, 5) is 279. The summed E-state index contributed by atoms with van der Waals surface area (Å²) in [6, 6.07) is -10.3. The van der Waals surface area contributed by atoms with Crippen molar-refractivity contribution in [3.05, 3.63) is 35.4 Å². The van der Waals surface area contributed by atoms with Crippen molar-refractivity contribution in [2.45, 2.75) is 288 Å². The molecule has 120 heavy (non-hydrogen) atoms. The van der Waals surface area contributed by atoms with Gasteiger partial charge in [0, 0.05) is 70.3 Å². The lowest BCUT2D eigenvalue weighted by atomic mass is 9.87. The van der Waals surface area contributed by atoms with Crippen LogP contribution in [0.2, 0.25) is 0 Å². The minimum absolute atomic E-state index is 0.0450. The number of hydrogen-bond donors (Lipinski definition) is 15. The SMILES string of the molecule is CCCCCCCCCCCCCCC(=O)Cc1ccc(C(=O)CCC(=O)NC(CC(=O)O)C(=O)CC2C(=O)N3CCCCC3C(=O)NC(C(C)C(=O)O)C(=O)CC(CC(=O)O)C(=O)NCC(=O)NC(CC(=O)O)C(=O)NCC(=O)NC(C(C)NC(=O)CN(C)C(=O)C(N)CCCCN)C(=O)NC(C(C)C)C(=O)N3CCCC3C(=O)NC2C)cc1. The van der Waals surface area contributed by atoms with Crippen LogP contribution >= 0.6 is 0 Å². The molecule has 38 heteroatoms. The fraction of sp³-hybridized carbons (Fsp3) is 0.683. The molecule has 0 saturated carbocycles. The molecule has 0 aliphatic carbocycles. The number of piperidine rings is 1. The van der Waals surface area contributed by atoms with Crippen LogP contribution in [-0.2, 0) is 97.5 Å². The predicted octanol–water partition coefficient (Wildman–Crippen LogP) is 0.770. The van der Waals surface area contributed by atoms with Crippen LogP contribution in [0.3, 0.4) is 0 Å². The maximum absolute atomic E-state index is 15.6. The number of nitrogens with zero attached hydrogens (tertiary/aromatic N) is 3. The molecule has 3 saturated heterocycles. The molecule has 13 unspecified atom stereocenters. The standard InChI is InChI=1S/C82H126N14O24/c1-8-9-10-11-12-13-14-15-16-17-18-19-25-54(97)38-51-29-31-52(32-30-51)61(98)33-34-64(101)89-57(42-69(107)108)62(99)41-55-49(5)88-76(113)60-28-24-37-96(60)81(118)71(47(2)3)92-78(115)73(50(6)87-67(104)46-94(7)80(117)56(84)26-20-22-35-83)91-66(103)45-86-75(112)58(43-70(109)110)90-65(102)44-85-74(111)53(40-68(105)106)39-63(100)72(48(4)82(119)120)93-77(114)59-27-21-23-36-95(59)79(55)116/h29-32,47-50,53,55-60,71-73H,8-28,33-46,83-84H2,1-7H3,(H,85,111)(H,86,112)(H,87,104)(H,88,113)(H,89,101)(H,90,102)(H,91,103)(H,92,115)(H,93,114)(H,105,106)(H,107,108)(H,109,110)(H,119,120). The van der Waals surface area contributed by atoms with E-state index < -0.39 is 261 Å². The van der Waals surface area contributed by atoms with E-state index in [1.54, 1.807) is 12.1 Å². The maximum atomic E-state index is 15.6. The van der Waals surface area contributed by atoms with Crippen molar-refractivity contribution in [2.75, 3.05) is 46.3 Å². The van der Waals surface area contributed by atoms with Crippen LogP contribution < -0.4 is 59.3 Å². The Kier molecular flexibility index (Phi) is 44.4. The van der Waals surface area contributed by atoms with Crippen molar-refractivity contribution in [1.29, 1.82) is 0 Å². The molecule has 12 amide bonds. The van der Waals surface area contributed by atoms with Crippen LogP contribution in [-0.4, -0.2) is 260 Å². The highest BCUT2D eigenvalue weighted by Gasteiger charge is 2.46. The molecule has 1 aromatic carbocycles. The van der Waals surface area contributed by atoms with Crippen LogP contribution in [0.15, 0.2) is 24.3 Å². The molecule has 1 aromatic rings. The van der Waals surface area contributed by atoms with E-state index in [1.807, 2.05) is 0 Å². The average Bonchev–Trinajstić information content (AvgIpc) is 1.13. The lowest BCUT2D eigenvalue weighted by Crippen LogP contribution is -2.63. The Hall–Kier alpha value is -10.7. The minimum atomic E-state index is -2.09. The maximum Gasteiger partial charge on any atom is 0.308 e. The number of fused-ring (bicyclic) bond motifs is 2. The number of carboxylic acids is 4. The van der Waals surface area contributed by atoms with E-state index in [2.05, 4.69) is 54.8 Å². The number of unbranched alkanes of at least 4 members (excludes halogenated alkanes) is 12. The van der Waals surface area contributed by atoms with Gasteiger partial charge in [0.25, 0.3) is 0 Å². The number of nitrogens with one attached hydrogen (secondary N) is 9. The van der Waals surface area contributed by atoms with Gasteiger partial charge in [-0.05, 0) is 90.2 Å². The molecule has 3 fully saturated rings. The van der Waals surface area contributed by atoms with Crippen molar-refractivity contribution in [1.82, 2.24) is 62.6 Å². The summed E-state index contributed by atoms with van der Waals surface area (Å²) in [6.45, 7) is 5.81. The van der Waals surface area contributed by atoms with Gasteiger partial charge < -0.3 is 94.4 Å². The summed E-state index contributed by atoms with van der Waals surface area (Å²) < 4.78 is 0. The van der Waals surface area contributed by atoms with Gasteiger partial charge in [-0.1, -0.05) is 122 Å². The Balaban J connectivity index is 1.74. The number of ketones is 4. The lowest BCUT2D eigenvalue weighted by molar-refractivity contribution is -0.150. The van der Waals surface area contributed by atoms with Crippen LogP contribution in [0.25, 0.3) is 0 Å². The van der Waals surface area contributed by atoms with E-state index in [-0.39, 0.29) is 69.4 Å². The summed E-state index contributed by atoms with van der Waals surface area (Å²) in [6.07, 6.45) is 9.40. The van der Waals surface area contributed by atoms with Gasteiger partial charge in [0.2, 0.25) is 70.9 Å². The molecule has 38 nitrogen and oxygen atoms in total. The van der Waals surface area contributed by atoms with Gasteiger partial charge in [0.1, 0.15) is 42.0 Å². The number of rotatable bonds is 41. The first-order chi connectivity index (χ1) is 56.8. The number of aliphatic carboxylic acids is 4. The number of nitrogens with two attached hydrogens (primary N) is 2. The average molecular weight is 1690 g/mol. The molecule has 4 rings (SSSR count). The van der Waals surface area contributed by atoms with E-state index in [9.17, 15) is 107 Å². The molecule has 13 atom stereocenters. The lowest BCUT2D eigenvalue weighted by Gasteiger charge is -2.39. The molecule has 3 aliphatic rings. The number of carbonyl (C=O) groups is 20. The van der Waals surface area contributed by atoms with Crippen molar-refractivity contribution in [3.63, 3.8) is 0 Å². The van der Waals surface area contributed by atoms with Crippen LogP contribution in [0, 0.1) is 23.7 Å². The van der Waals surface area contributed by atoms with Gasteiger partial charge in [0.15, 0.2) is 17.3 Å². The normalized spacial score (nSPS) is 22.1. The minimum Gasteiger partial charge on any atom is -0.481 e. The summed E-state index contributed by atoms with van der Waals surface area (Å²) in [5, 5.41) is 61.3. The largest absolute Gasteiger partial charge is 0.481 e. The Morgan fingerprint density at radius 1 is 0.567 bits per heavy atom. The van der Waals surface area contributed by atoms with E-state index in [1.165, 1.54) is 98.2 Å². The Labute approximate surface area is 698 Å². The zero-order valence-electron chi connectivity index (χ0n) is 70.1. The highest BCUT2D eigenvalue weighted by molar-refractivity contribution is 6.03. The molecule has 3 heterocycles. The van der Waals surface area contributed by atoms with Crippen LogP contribution in [0.4, 0.5) is 0 Å². The molecule has 17 N–H and O–H groups in total. The van der Waals surface area contributed by atoms with Gasteiger partial charge >= 0.3 is 23.9 Å². The molecule has 668 valence electrons. The molecule has 0 aromatic heterocycles. The van der Waals surface area contributed by atoms with Crippen LogP contribution in [0.5, 0.6) is 0 Å². The van der Waals surface area contributed by atoms with E-state index >= 15 is 9.59 Å². The predicted molar refractivity (Wildman–Crippen MR) is 433 cm³/mol. The van der Waals surface area contributed by atoms with Gasteiger partial charge in [-0.15, -0.1) is 0 Å². The summed E-state index contributed by atoms with van der Waals surface area (Å²) in [5.74, 6) is -28.8. The van der Waals surface area contributed by atoms with Crippen molar-refractivity contribution < 1.29 is 116 Å². The Bertz CT molecular complexity index is 3760. The third-order valence-corrected chi connectivity index (χ3v) is 21.7. The number of benzene rings is 1. The first-order valence-corrected chi connectivity index (χ1v) is 41.8. The number of Topliss-reactive ketones (excluding diaryl/α,β-unsaturated/α-hetero) is 4. The first-order valence-electron chi connectivity index (χ1n) is 41.8. The second-order valence-corrected chi connectivity index (χ2v) is 31.9. The van der Waals surface area contributed by atoms with Gasteiger partial charge in [0.05, 0.1) is 74.8 Å². The fourth-order valence-electron chi connectivity index (χ4n) is 14.7. The van der Waals surface area contributed by atoms with Gasteiger partial charge in [-0.3, -0.25) is 95.9 Å². The zero-order valence-corrected chi connectivity index (χ0v) is 70.1. The Morgan fingerprint density at radius 3 is 1.71 bits per heavy atom. The number of hydrogen-bond acceptors (Lipinski definition) is 22. The van der Waals surface area contributed by atoms with Crippen molar-refractivity contribution >= 4 is 118 Å². The number of likely N-dealkylation sites (N-methyl/N-ethyl adjacent to an activating group) is 1. The summed E-state index contributed by atoms with van der Waals surface area (Å²) >= 11 is 0. The number of carboxylic acid groups (broad SMARTS) is 4. The van der Waals surface area contributed by atoms with Gasteiger partial charge in [-0.25, -0.2) is 0 Å². The quantitative estimate of drug-likeness (QED) is 0.0318. The van der Waals surface area contributed by atoms with Crippen molar-refractivity contribution in [3.8, 4) is 0 Å². The second kappa shape index (κ2) is 52.4. The molecule has 3 aliphatic heterocycles. The summed E-state index contributed by atoms with van der Waals surface area (Å²) in [5.41, 5.74) is 12.5. The monoisotopic (exact) mass is 1690 g/mol. The van der Waals surface area contributed by atoms with Crippen molar-refractivity contribution in [2.24, 2.45) is 35.1 Å². The summed E-state index contributed by atoms with van der Waals surface area (Å²) in [7, 11) is 1.28. The fourth-order valence-corrected chi connectivity index (χ4v) is 14.7. The molecule has 0 radical (unpaired) electrons. The highest BCUT2D eigenvalue weighted by atomic mass is 16.4. The molecule has 0 bridgehead atoms. The molecule has 0 spiro atoms. The van der Waals surface area contributed by atoms with E-state index in [0.717, 1.165) is 47.3 Å². The second-order valence-electron chi connectivity index (χ2n) is 31.9. The zero-order chi connectivity index (χ0) is 89.5. The first kappa shape index (κ1) is 102. The van der Waals surface area contributed by atoms with Crippen LogP contribution in [0.1, 0.15) is 237 Å². The van der Waals surface area contributed by atoms with E-state index in [0.29, 0.717) is 31.4 Å².